The summed E-state index contributed by atoms with van der Waals surface area (Å²) in [4.78, 5) is 64.0. The number of fused-ring (bicyclic) bond motifs is 8. The molecule has 5 saturated heterocycles. The summed E-state index contributed by atoms with van der Waals surface area (Å²) in [5, 5.41) is 65.1. The van der Waals surface area contributed by atoms with Gasteiger partial charge in [0, 0.05) is 42.3 Å². The number of ether oxygens (including phenoxy) is 13. The van der Waals surface area contributed by atoms with Gasteiger partial charge in [0.05, 0.1) is 96.8 Å². The molecule has 0 saturated carbocycles. The molecule has 3 amide bonds. The average Bonchev–Trinajstić information content (AvgIpc) is 1.52. The maximum Gasteiger partial charge on any atom is 0.407 e. The van der Waals surface area contributed by atoms with Gasteiger partial charge < -0.3 is 92.4 Å². The number of aliphatic hydroxyl groups is 3. The van der Waals surface area contributed by atoms with Crippen LogP contribution < -0.4 is 19.5 Å². The fourth-order valence-corrected chi connectivity index (χ4v) is 11.8. The van der Waals surface area contributed by atoms with Crippen molar-refractivity contribution in [3.8, 4) is 28.7 Å². The molecule has 3 aromatic carbocycles. The van der Waals surface area contributed by atoms with Crippen LogP contribution in [0.1, 0.15) is 63.7 Å². The first kappa shape index (κ1) is 57.2. The van der Waals surface area contributed by atoms with Crippen molar-refractivity contribution in [3.63, 3.8) is 0 Å². The summed E-state index contributed by atoms with van der Waals surface area (Å²) in [6.45, 7) is 3.20. The van der Waals surface area contributed by atoms with Crippen LogP contribution in [0.15, 0.2) is 30.5 Å². The minimum absolute atomic E-state index is 0.00923. The van der Waals surface area contributed by atoms with E-state index in [0.29, 0.717) is 53.0 Å². The Morgan fingerprint density at radius 3 is 2.34 bits per heavy atom. The first-order chi connectivity index (χ1) is 39.5. The number of phenolic OH excluding ortho intramolecular Hbond substituents is 1. The molecule has 11 atom stereocenters. The van der Waals surface area contributed by atoms with Gasteiger partial charge in [-0.25, -0.2) is 14.3 Å². The van der Waals surface area contributed by atoms with Gasteiger partial charge in [-0.05, 0) is 49.1 Å². The predicted octanol–water partition coefficient (Wildman–Crippen LogP) is -0.423. The number of aromatic nitrogens is 3. The molecular weight excluding hydrogens is 1090 g/mol. The molecule has 4 aromatic rings. The van der Waals surface area contributed by atoms with Gasteiger partial charge in [-0.2, -0.15) is 0 Å². The molecule has 1 aliphatic carbocycles. The quantitative estimate of drug-likeness (QED) is 0.0224. The summed E-state index contributed by atoms with van der Waals surface area (Å²) in [5.41, 5.74) is 1.55. The Kier molecular flexibility index (Phi) is 16.0. The molecule has 29 heteroatoms. The third-order valence-electron chi connectivity index (χ3n) is 15.9. The number of rotatable bonds is 24. The number of nitrogens with one attached hydrogen (secondary N) is 1. The van der Waals surface area contributed by atoms with Crippen molar-refractivity contribution < 1.29 is 111 Å². The number of alkyl carbamates (subject to hydrolysis) is 1. The molecule has 6 aliphatic heterocycles. The number of carbonyl (C=O) groups excluding carboxylic acids is 4. The number of aliphatic hydroxyl groups excluding tert-OH is 3. The number of methoxy groups -OCH3 is 2. The molecule has 6 N–H and O–H groups in total. The molecule has 28 nitrogen and oxygen atoms in total. The predicted molar refractivity (Wildman–Crippen MR) is 275 cm³/mol. The van der Waals surface area contributed by atoms with Gasteiger partial charge in [-0.3, -0.25) is 19.3 Å². The first-order valence-electron chi connectivity index (χ1n) is 26.8. The molecule has 7 aliphatic rings. The number of hydrogen-bond donors (Lipinski definition) is 6. The lowest BCUT2D eigenvalue weighted by Gasteiger charge is -2.48. The second-order valence-electron chi connectivity index (χ2n) is 20.9. The van der Waals surface area contributed by atoms with Gasteiger partial charge >= 0.3 is 12.1 Å². The molecular formula is C53H62BN5O23. The molecule has 2 bridgehead atoms. The van der Waals surface area contributed by atoms with Crippen LogP contribution in [0.25, 0.3) is 16.5 Å². The highest BCUT2D eigenvalue weighted by atomic mass is 16.9. The molecule has 4 unspecified atom stereocenters. The van der Waals surface area contributed by atoms with E-state index in [4.69, 9.17) is 61.6 Å². The maximum absolute atomic E-state index is 13.6. The number of carbonyl (C=O) groups is 5. The van der Waals surface area contributed by atoms with Crippen molar-refractivity contribution in [2.24, 2.45) is 0 Å². The standard InChI is InChI=1S/C53H62BN5O23/c1-25-17-29-37(38(62)36-28(42(29)70-2)5-4-6-32(36)60)43-35(25)44-46-53(71-3,81-43)51(24-77-51)52(80-44,82-46)23-55-50(69)76-21-26-7-8-33(78-49-41(65)39(63)40(64)45(79-49)48(67)68)31(18-26)59-20-27(56-57-59)22-75-16-15-74-14-13-73-12-11-72-10-9-58-34(61)19-30(54)47(58)66/h7-8,17-18,20,30,39-41,44-46,49,62-65H,4-6,9-16,19,21-24,54H2,1-3H3,(H,55,69)(H,67,68)/t30?,39-,40-,41+,44?,45-,46?,49+,51+,52?,53+/m0/s1. The van der Waals surface area contributed by atoms with E-state index in [1.807, 2.05) is 13.0 Å². The molecule has 5 fully saturated rings. The SMILES string of the molecule is BC1CC(=O)N(CCOCCOCCOCCOCc2cn(-c3cc(COC(=O)NCC45OC6c7c(C)cc8c(OC)c9c(c(O)c8c7O[C@](OC)(C6O4)[C@@]54CO4)C(=O)CCC9)ccc3O[C@@H]3O[C@H](C(=O)O)[C@@H](O)[C@H](O)[C@H]3O)nn2)C1=O. The van der Waals surface area contributed by atoms with Crippen molar-refractivity contribution in [1.82, 2.24) is 25.2 Å². The molecule has 82 heavy (non-hydrogen) atoms. The van der Waals surface area contributed by atoms with Crippen molar-refractivity contribution in [1.29, 1.82) is 0 Å². The van der Waals surface area contributed by atoms with Gasteiger partial charge in [0.2, 0.25) is 29.5 Å². The van der Waals surface area contributed by atoms with E-state index < -0.39 is 72.2 Å². The topological polar surface area (TPSA) is 356 Å². The molecule has 440 valence electrons. The number of Topliss-reactive ketones (excluding diaryl/α,β-unsaturated/α-hetero) is 1. The van der Waals surface area contributed by atoms with Gasteiger partial charge in [-0.1, -0.05) is 11.3 Å². The van der Waals surface area contributed by atoms with Gasteiger partial charge in [0.1, 0.15) is 73.2 Å². The fourth-order valence-electron chi connectivity index (χ4n) is 11.8. The normalized spacial score (nSPS) is 29.5. The van der Waals surface area contributed by atoms with E-state index in [1.165, 1.54) is 48.2 Å². The van der Waals surface area contributed by atoms with E-state index in [1.54, 1.807) is 7.85 Å². The number of aromatic hydroxyl groups is 1. The van der Waals surface area contributed by atoms with Crippen LogP contribution in [-0.2, 0) is 81.4 Å². The lowest BCUT2D eigenvalue weighted by atomic mass is 9.78. The number of benzene rings is 3. The number of amides is 3. The van der Waals surface area contributed by atoms with E-state index >= 15 is 0 Å². The first-order valence-corrected chi connectivity index (χ1v) is 26.8. The Hall–Kier alpha value is -6.61. The van der Waals surface area contributed by atoms with E-state index in [2.05, 4.69) is 15.6 Å². The third kappa shape index (κ3) is 9.87. The van der Waals surface area contributed by atoms with Crippen LogP contribution in [0.4, 0.5) is 4.79 Å². The van der Waals surface area contributed by atoms with E-state index in [9.17, 15) is 49.5 Å². The summed E-state index contributed by atoms with van der Waals surface area (Å²) in [7, 11) is 4.68. The highest BCUT2D eigenvalue weighted by Crippen LogP contribution is 2.71. The number of hydrogen-bond acceptors (Lipinski definition) is 24. The Balaban J connectivity index is 0.723. The number of carboxylic acids is 1. The van der Waals surface area contributed by atoms with Crippen LogP contribution in [0.2, 0.25) is 5.82 Å². The van der Waals surface area contributed by atoms with E-state index in [-0.39, 0.29) is 143 Å². The number of aryl methyl sites for hydroxylation is 1. The Morgan fingerprint density at radius 2 is 1.66 bits per heavy atom. The lowest BCUT2D eigenvalue weighted by Crippen LogP contribution is -2.69. The molecule has 1 aromatic heterocycles. The minimum Gasteiger partial charge on any atom is -0.506 e. The van der Waals surface area contributed by atoms with Crippen LogP contribution in [0.3, 0.4) is 0 Å². The molecule has 11 rings (SSSR count). The second kappa shape index (κ2) is 22.9. The molecule has 1 spiro atoms. The number of aliphatic carboxylic acids is 1. The fraction of sp³-hybridized carbons (Fsp3) is 0.566. The zero-order valence-corrected chi connectivity index (χ0v) is 45.2. The Bertz CT molecular complexity index is 3160. The van der Waals surface area contributed by atoms with Crippen LogP contribution in [0.5, 0.6) is 23.0 Å². The smallest absolute Gasteiger partial charge is 0.407 e. The van der Waals surface area contributed by atoms with Gasteiger partial charge in [-0.15, -0.1) is 5.10 Å². The zero-order chi connectivity index (χ0) is 57.8. The number of phenols is 1. The largest absolute Gasteiger partial charge is 0.506 e. The second-order valence-corrected chi connectivity index (χ2v) is 20.9. The van der Waals surface area contributed by atoms with Crippen molar-refractivity contribution in [2.75, 3.05) is 80.2 Å². The Labute approximate surface area is 467 Å². The summed E-state index contributed by atoms with van der Waals surface area (Å²) in [6.07, 6.45) is -9.06. The summed E-state index contributed by atoms with van der Waals surface area (Å²) in [6, 6.07) is 6.28. The number of likely N-dealkylation sites (tertiary alicyclic amines) is 1. The molecule has 7 heterocycles. The third-order valence-corrected chi connectivity index (χ3v) is 15.9. The van der Waals surface area contributed by atoms with Crippen molar-refractivity contribution in [3.05, 3.63) is 64.0 Å². The molecule has 0 radical (unpaired) electrons. The summed E-state index contributed by atoms with van der Waals surface area (Å²) < 4.78 is 79.1. The number of ketones is 1. The van der Waals surface area contributed by atoms with Crippen LogP contribution >= 0.6 is 0 Å². The zero-order valence-electron chi connectivity index (χ0n) is 45.2. The number of nitrogens with zero attached hydrogens (tertiary/aromatic N) is 4. The highest BCUT2D eigenvalue weighted by Gasteiger charge is 2.91. The minimum atomic E-state index is -1.97. The van der Waals surface area contributed by atoms with Crippen LogP contribution in [-0.4, -0.2) is 217 Å². The summed E-state index contributed by atoms with van der Waals surface area (Å²) >= 11 is 0. The number of carboxylic acid groups (broad SMARTS) is 1. The van der Waals surface area contributed by atoms with Gasteiger partial charge in [0.15, 0.2) is 18.0 Å². The van der Waals surface area contributed by atoms with Gasteiger partial charge in [0.25, 0.3) is 5.79 Å². The lowest BCUT2D eigenvalue weighted by molar-refractivity contribution is -0.287. The highest BCUT2D eigenvalue weighted by molar-refractivity contribution is 6.29. The summed E-state index contributed by atoms with van der Waals surface area (Å²) in [5.74, 6) is -5.38. The average molecular weight is 1150 g/mol. The monoisotopic (exact) mass is 1150 g/mol. The maximum atomic E-state index is 13.6. The number of epoxide rings is 1. The van der Waals surface area contributed by atoms with Crippen molar-refractivity contribution in [2.45, 2.75) is 112 Å². The van der Waals surface area contributed by atoms with E-state index in [0.717, 1.165) is 5.56 Å². The van der Waals surface area contributed by atoms with Crippen molar-refractivity contribution >= 4 is 48.3 Å². The number of imide groups is 1. The van der Waals surface area contributed by atoms with Crippen LogP contribution in [0, 0.1) is 6.92 Å². The Morgan fingerprint density at radius 1 is 0.927 bits per heavy atom.